The predicted molar refractivity (Wildman–Crippen MR) is 105 cm³/mol. The zero-order valence-corrected chi connectivity index (χ0v) is 16.0. The Kier molecular flexibility index (Phi) is 4.93. The molecule has 0 atom stereocenters. The second kappa shape index (κ2) is 7.51. The summed E-state index contributed by atoms with van der Waals surface area (Å²) in [6.45, 7) is 0.386. The molecule has 0 aliphatic rings. The van der Waals surface area contributed by atoms with Crippen LogP contribution in [0.15, 0.2) is 64.9 Å². The third-order valence-corrected chi connectivity index (χ3v) is 5.30. The highest BCUT2D eigenvalue weighted by molar-refractivity contribution is 7.02. The fraction of sp³-hybridized carbons (Fsp3) is 0.0588. The summed E-state index contributed by atoms with van der Waals surface area (Å²) in [6.07, 6.45) is 3.10. The SMILES string of the molecule is O=c1[nH]sc(=Nc2ccc(Cl)c(Cl)c2)n1Cc1ccc(-n2cncn2)cc1. The maximum atomic E-state index is 12.2. The Labute approximate surface area is 167 Å². The molecule has 4 aromatic rings. The third kappa shape index (κ3) is 3.87. The van der Waals surface area contributed by atoms with Gasteiger partial charge in [-0.1, -0.05) is 35.3 Å². The largest absolute Gasteiger partial charge is 0.337 e. The van der Waals surface area contributed by atoms with Crippen molar-refractivity contribution < 1.29 is 0 Å². The van der Waals surface area contributed by atoms with Gasteiger partial charge in [-0.3, -0.25) is 8.94 Å². The molecule has 0 bridgehead atoms. The molecule has 4 rings (SSSR count). The van der Waals surface area contributed by atoms with Crippen molar-refractivity contribution in [2.24, 2.45) is 4.99 Å². The Bertz CT molecular complexity index is 1190. The van der Waals surface area contributed by atoms with Crippen LogP contribution in [0.4, 0.5) is 5.69 Å². The standard InChI is InChI=1S/C17H12Cl2N6OS/c18-14-6-3-12(7-15(14)19)22-17-24(16(26)23-27-17)8-11-1-4-13(5-2-11)25-10-20-9-21-25/h1-7,9-10H,8H2,(H,23,26). The van der Waals surface area contributed by atoms with Crippen LogP contribution in [-0.4, -0.2) is 23.7 Å². The van der Waals surface area contributed by atoms with Crippen LogP contribution < -0.4 is 10.5 Å². The average molecular weight is 419 g/mol. The number of nitrogens with one attached hydrogen (secondary N) is 1. The molecule has 0 fully saturated rings. The summed E-state index contributed by atoms with van der Waals surface area (Å²) >= 11 is 13.1. The van der Waals surface area contributed by atoms with Crippen LogP contribution in [0.3, 0.4) is 0 Å². The number of aromatic nitrogens is 5. The van der Waals surface area contributed by atoms with Gasteiger partial charge < -0.3 is 0 Å². The van der Waals surface area contributed by atoms with Crippen molar-refractivity contribution >= 4 is 40.4 Å². The lowest BCUT2D eigenvalue weighted by Crippen LogP contribution is -2.26. The number of halogens is 2. The van der Waals surface area contributed by atoms with Crippen LogP contribution >= 0.6 is 34.7 Å². The van der Waals surface area contributed by atoms with Gasteiger partial charge in [0.1, 0.15) is 12.7 Å². The maximum absolute atomic E-state index is 12.2. The van der Waals surface area contributed by atoms with Crippen LogP contribution in [0.1, 0.15) is 5.56 Å². The summed E-state index contributed by atoms with van der Waals surface area (Å²) in [5.74, 6) is 0. The van der Waals surface area contributed by atoms with Crippen molar-refractivity contribution in [2.75, 3.05) is 0 Å². The summed E-state index contributed by atoms with van der Waals surface area (Å²) in [4.78, 5) is 21.2. The molecular formula is C17H12Cl2N6OS. The molecule has 0 saturated heterocycles. The normalized spacial score (nSPS) is 11.9. The van der Waals surface area contributed by atoms with E-state index in [1.807, 2.05) is 24.3 Å². The van der Waals surface area contributed by atoms with E-state index < -0.39 is 0 Å². The number of hydrogen-bond acceptors (Lipinski definition) is 5. The summed E-state index contributed by atoms with van der Waals surface area (Å²) in [5.41, 5.74) is 2.24. The lowest BCUT2D eigenvalue weighted by Gasteiger charge is -2.04. The molecule has 2 aromatic carbocycles. The number of benzene rings is 2. The molecule has 0 amide bonds. The molecular weight excluding hydrogens is 407 g/mol. The first-order valence-corrected chi connectivity index (χ1v) is 9.39. The van der Waals surface area contributed by atoms with E-state index >= 15 is 0 Å². The van der Waals surface area contributed by atoms with Crippen molar-refractivity contribution in [3.8, 4) is 5.69 Å². The summed E-state index contributed by atoms with van der Waals surface area (Å²) < 4.78 is 5.94. The van der Waals surface area contributed by atoms with Gasteiger partial charge in [0.2, 0.25) is 4.80 Å². The Balaban J connectivity index is 1.65. The van der Waals surface area contributed by atoms with E-state index in [0.717, 1.165) is 22.8 Å². The number of hydrogen-bond donors (Lipinski definition) is 1. The molecule has 0 radical (unpaired) electrons. The van der Waals surface area contributed by atoms with Crippen LogP contribution in [0.5, 0.6) is 0 Å². The lowest BCUT2D eigenvalue weighted by molar-refractivity contribution is 0.727. The van der Waals surface area contributed by atoms with Gasteiger partial charge in [0, 0.05) is 0 Å². The fourth-order valence-electron chi connectivity index (χ4n) is 2.45. The second-order valence-electron chi connectivity index (χ2n) is 5.59. The second-order valence-corrected chi connectivity index (χ2v) is 7.18. The molecule has 0 spiro atoms. The smallest absolute Gasteiger partial charge is 0.263 e. The number of aromatic amines is 1. The number of nitrogens with zero attached hydrogens (tertiary/aromatic N) is 5. The van der Waals surface area contributed by atoms with Crippen LogP contribution in [0, 0.1) is 0 Å². The molecule has 10 heteroatoms. The quantitative estimate of drug-likeness (QED) is 0.551. The van der Waals surface area contributed by atoms with Crippen LogP contribution in [0.25, 0.3) is 5.69 Å². The van der Waals surface area contributed by atoms with Crippen molar-refractivity contribution in [3.63, 3.8) is 0 Å². The summed E-state index contributed by atoms with van der Waals surface area (Å²) in [6, 6.07) is 12.8. The van der Waals surface area contributed by atoms with Crippen molar-refractivity contribution in [3.05, 3.63) is 86.0 Å². The van der Waals surface area contributed by atoms with Gasteiger partial charge in [0.15, 0.2) is 0 Å². The van der Waals surface area contributed by atoms with Gasteiger partial charge in [-0.25, -0.2) is 19.5 Å². The molecule has 0 aliphatic heterocycles. The Morgan fingerprint density at radius 1 is 1.11 bits per heavy atom. The van der Waals surface area contributed by atoms with Crippen molar-refractivity contribution in [1.82, 2.24) is 23.7 Å². The van der Waals surface area contributed by atoms with Crippen LogP contribution in [0.2, 0.25) is 10.0 Å². The molecule has 27 heavy (non-hydrogen) atoms. The predicted octanol–water partition coefficient (Wildman–Crippen LogP) is 3.41. The molecule has 136 valence electrons. The number of H-pyrrole nitrogens is 1. The summed E-state index contributed by atoms with van der Waals surface area (Å²) in [7, 11) is 0. The first-order chi connectivity index (χ1) is 13.1. The van der Waals surface area contributed by atoms with E-state index in [1.54, 1.807) is 33.8 Å². The van der Waals surface area contributed by atoms with E-state index in [4.69, 9.17) is 23.2 Å². The van der Waals surface area contributed by atoms with E-state index in [0.29, 0.717) is 27.1 Å². The first kappa shape index (κ1) is 17.7. The molecule has 0 unspecified atom stereocenters. The summed E-state index contributed by atoms with van der Waals surface area (Å²) in [5, 5.41) is 4.96. The van der Waals surface area contributed by atoms with E-state index in [1.165, 1.54) is 6.33 Å². The zero-order valence-electron chi connectivity index (χ0n) is 13.7. The molecule has 0 aliphatic carbocycles. The van der Waals surface area contributed by atoms with Gasteiger partial charge in [-0.2, -0.15) is 5.10 Å². The van der Waals surface area contributed by atoms with Gasteiger partial charge in [-0.15, -0.1) is 0 Å². The van der Waals surface area contributed by atoms with E-state index in [2.05, 4.69) is 19.4 Å². The lowest BCUT2D eigenvalue weighted by atomic mass is 10.2. The molecule has 2 aromatic heterocycles. The van der Waals surface area contributed by atoms with E-state index in [9.17, 15) is 4.79 Å². The minimum absolute atomic E-state index is 0.223. The fourth-order valence-corrected chi connectivity index (χ4v) is 3.44. The molecule has 1 N–H and O–H groups in total. The monoisotopic (exact) mass is 418 g/mol. The van der Waals surface area contributed by atoms with Gasteiger partial charge in [0.05, 0.1) is 28.0 Å². The topological polar surface area (TPSA) is 80.9 Å². The molecule has 0 saturated carbocycles. The minimum atomic E-state index is -0.223. The third-order valence-electron chi connectivity index (χ3n) is 3.79. The highest BCUT2D eigenvalue weighted by atomic mass is 35.5. The first-order valence-electron chi connectivity index (χ1n) is 7.82. The Hall–Kier alpha value is -2.68. The number of rotatable bonds is 4. The minimum Gasteiger partial charge on any atom is -0.263 e. The highest BCUT2D eigenvalue weighted by Gasteiger charge is 2.06. The Morgan fingerprint density at radius 3 is 2.63 bits per heavy atom. The van der Waals surface area contributed by atoms with Crippen molar-refractivity contribution in [1.29, 1.82) is 0 Å². The van der Waals surface area contributed by atoms with Gasteiger partial charge in [0.25, 0.3) is 0 Å². The van der Waals surface area contributed by atoms with Gasteiger partial charge >= 0.3 is 5.69 Å². The molecule has 7 nitrogen and oxygen atoms in total. The molecule has 2 heterocycles. The average Bonchev–Trinajstić information content (AvgIpc) is 3.31. The van der Waals surface area contributed by atoms with Crippen LogP contribution in [-0.2, 0) is 6.54 Å². The Morgan fingerprint density at radius 2 is 1.93 bits per heavy atom. The van der Waals surface area contributed by atoms with Gasteiger partial charge in [-0.05, 0) is 47.4 Å². The van der Waals surface area contributed by atoms with E-state index in [-0.39, 0.29) is 5.69 Å². The maximum Gasteiger partial charge on any atom is 0.337 e. The zero-order chi connectivity index (χ0) is 18.8. The highest BCUT2D eigenvalue weighted by Crippen LogP contribution is 2.26. The van der Waals surface area contributed by atoms with Crippen molar-refractivity contribution in [2.45, 2.75) is 6.54 Å².